The standard InChI is InChI=1S/C24H23F3N4O.C23H30N4O.C22H20F3N3O.C18H20F3N5O/c1-15-5-3-6-17(13-15)20-14-31(12-11-29-20)21-9-8-19(24(25,26)27)22(30-21)23(32)18-7-4-10-28-16(18)2;1-5-7-18-9-10-21(27-13-12-25-19(15-27)14-16(2)3)26-22(18)23(28)20-8-6-11-24-17(20)4;1-14(16-7-4-3-5-8-16)13-27-19-11-10-18(22(23,24)25)20(28-19)21(29)17-9-6-12-26-15(17)2;19-18(20,21)13-6-7-14(25-11-4-1-3-10(22)9-11)26-15(13)16(27)12-5-2-8-24-17(12)23/h3-10,13,20,29H,11-12,14H2,1-2H3;5-11,16,19,25H,12-15H2,1-4H3;3-12,14H,13H2,1-2H3,(H,27,28);2,5-8,10-11H,1,3-4,9,22H2,(H2,23,24)(H,25,26)/b;7-5-;;/t;19-;14-;/m.01./s1. The van der Waals surface area contributed by atoms with Crippen molar-refractivity contribution in [1.29, 1.82) is 0 Å². The molecule has 10 heterocycles. The molecule has 5 atom stereocenters. The summed E-state index contributed by atoms with van der Waals surface area (Å²) in [4.78, 5) is 89.1. The van der Waals surface area contributed by atoms with Gasteiger partial charge in [0.2, 0.25) is 23.1 Å². The minimum Gasteiger partial charge on any atom is -0.383 e. The van der Waals surface area contributed by atoms with Gasteiger partial charge in [0.1, 0.15) is 51.9 Å². The van der Waals surface area contributed by atoms with E-state index in [4.69, 9.17) is 16.5 Å². The number of hydrogen-bond donors (Lipinski definition) is 6. The Labute approximate surface area is 667 Å². The third kappa shape index (κ3) is 22.9. The van der Waals surface area contributed by atoms with Gasteiger partial charge in [0, 0.05) is 134 Å². The Morgan fingerprint density at radius 2 is 1.03 bits per heavy atom. The lowest BCUT2D eigenvalue weighted by Gasteiger charge is -2.35. The summed E-state index contributed by atoms with van der Waals surface area (Å²) < 4.78 is 122. The molecule has 2 saturated heterocycles. The second-order valence-corrected chi connectivity index (χ2v) is 29.1. The number of allylic oxidation sites excluding steroid dienone is 1. The van der Waals surface area contributed by atoms with E-state index in [1.54, 1.807) is 26.1 Å². The van der Waals surface area contributed by atoms with Gasteiger partial charge in [-0.15, -0.1) is 0 Å². The zero-order valence-corrected chi connectivity index (χ0v) is 65.5. The van der Waals surface area contributed by atoms with E-state index in [1.165, 1.54) is 73.2 Å². The molecule has 1 saturated carbocycles. The van der Waals surface area contributed by atoms with Gasteiger partial charge in [-0.2, -0.15) is 39.5 Å². The van der Waals surface area contributed by atoms with Gasteiger partial charge in [0.15, 0.2) is 0 Å². The van der Waals surface area contributed by atoms with Crippen LogP contribution in [0.3, 0.4) is 0 Å². The molecule has 608 valence electrons. The van der Waals surface area contributed by atoms with Crippen molar-refractivity contribution in [3.63, 3.8) is 0 Å². The number of carbonyl (C=O) groups is 4. The van der Waals surface area contributed by atoms with Gasteiger partial charge < -0.3 is 42.5 Å². The number of piperazine rings is 2. The van der Waals surface area contributed by atoms with Crippen LogP contribution in [0.4, 0.5) is 68.6 Å². The van der Waals surface area contributed by atoms with E-state index in [1.807, 2.05) is 111 Å². The molecule has 0 radical (unpaired) electrons. The minimum atomic E-state index is -4.72. The lowest BCUT2D eigenvalue weighted by Crippen LogP contribution is -2.51. The van der Waals surface area contributed by atoms with Crippen LogP contribution in [0.2, 0.25) is 0 Å². The summed E-state index contributed by atoms with van der Waals surface area (Å²) in [5, 5.41) is 13.2. The third-order valence-electron chi connectivity index (χ3n) is 19.8. The summed E-state index contributed by atoms with van der Waals surface area (Å²) in [5.41, 5.74) is 13.2. The number of aromatic nitrogens is 8. The Morgan fingerprint density at radius 1 is 0.543 bits per heavy atom. The van der Waals surface area contributed by atoms with E-state index in [9.17, 15) is 58.7 Å². The van der Waals surface area contributed by atoms with Gasteiger partial charge in [-0.05, 0) is 187 Å². The second-order valence-electron chi connectivity index (χ2n) is 29.1. The van der Waals surface area contributed by atoms with Crippen molar-refractivity contribution in [2.45, 2.75) is 136 Å². The highest BCUT2D eigenvalue weighted by Gasteiger charge is 2.41. The first-order valence-corrected chi connectivity index (χ1v) is 38.1. The van der Waals surface area contributed by atoms with E-state index in [0.717, 1.165) is 97.3 Å². The van der Waals surface area contributed by atoms with E-state index in [-0.39, 0.29) is 64.0 Å². The number of nitrogens with two attached hydrogens (primary N) is 2. The molecule has 3 fully saturated rings. The Morgan fingerprint density at radius 3 is 1.57 bits per heavy atom. The lowest BCUT2D eigenvalue weighted by atomic mass is 9.91. The van der Waals surface area contributed by atoms with Crippen molar-refractivity contribution in [2.75, 3.05) is 72.0 Å². The van der Waals surface area contributed by atoms with Crippen LogP contribution in [0.15, 0.2) is 183 Å². The Kier molecular flexibility index (Phi) is 29.2. The fourth-order valence-corrected chi connectivity index (χ4v) is 13.9. The van der Waals surface area contributed by atoms with Crippen molar-refractivity contribution in [3.05, 3.63) is 284 Å². The smallest absolute Gasteiger partial charge is 0.383 e. The number of halogens is 9. The first kappa shape index (κ1) is 86.7. The van der Waals surface area contributed by atoms with Crippen LogP contribution in [0, 0.1) is 33.6 Å². The number of nitrogens with one attached hydrogen (secondary N) is 4. The zero-order chi connectivity index (χ0) is 83.6. The number of rotatable bonds is 20. The van der Waals surface area contributed by atoms with E-state index >= 15 is 0 Å². The van der Waals surface area contributed by atoms with E-state index < -0.39 is 69.7 Å². The molecular weight excluding hydrogens is 1500 g/mol. The average molecular weight is 1600 g/mol. The maximum absolute atomic E-state index is 13.7. The normalized spacial score (nSPS) is 16.7. The van der Waals surface area contributed by atoms with Gasteiger partial charge in [-0.25, -0.2) is 24.9 Å². The Bertz CT molecular complexity index is 5100. The number of aryl methyl sites for hydroxylation is 4. The number of benzene rings is 2. The summed E-state index contributed by atoms with van der Waals surface area (Å²) in [6, 6.07) is 41.2. The highest BCUT2D eigenvalue weighted by Crippen LogP contribution is 2.38. The number of carbonyl (C=O) groups excluding carboxylic acids is 4. The van der Waals surface area contributed by atoms with Crippen molar-refractivity contribution in [2.24, 2.45) is 11.7 Å². The van der Waals surface area contributed by atoms with Crippen LogP contribution in [0.25, 0.3) is 6.08 Å². The van der Waals surface area contributed by atoms with Gasteiger partial charge in [0.25, 0.3) is 0 Å². The fraction of sp³-hybridized carbons (Fsp3) is 0.333. The number of hydrogen-bond acceptors (Lipinski definition) is 20. The van der Waals surface area contributed by atoms with Crippen LogP contribution in [0.1, 0.15) is 192 Å². The molecule has 2 aromatic carbocycles. The third-order valence-corrected chi connectivity index (χ3v) is 19.8. The summed E-state index contributed by atoms with van der Waals surface area (Å²) in [6.45, 7) is 20.4. The molecule has 8 N–H and O–H groups in total. The number of nitrogens with zero attached hydrogens (tertiary/aromatic N) is 10. The molecule has 2 aliphatic heterocycles. The lowest BCUT2D eigenvalue weighted by molar-refractivity contribution is -0.138. The molecule has 0 bridgehead atoms. The molecule has 3 aliphatic rings. The van der Waals surface area contributed by atoms with Crippen LogP contribution < -0.4 is 42.5 Å². The first-order chi connectivity index (χ1) is 55.2. The zero-order valence-electron chi connectivity index (χ0n) is 65.5. The fourth-order valence-electron chi connectivity index (χ4n) is 13.9. The molecule has 0 amide bonds. The monoisotopic (exact) mass is 1600 g/mol. The number of alkyl halides is 9. The van der Waals surface area contributed by atoms with Crippen molar-refractivity contribution in [1.82, 2.24) is 50.5 Å². The van der Waals surface area contributed by atoms with Gasteiger partial charge in [0.05, 0.1) is 22.3 Å². The number of ketones is 4. The first-order valence-electron chi connectivity index (χ1n) is 38.1. The quantitative estimate of drug-likeness (QED) is 0.0305. The van der Waals surface area contributed by atoms with Crippen molar-refractivity contribution < 1.29 is 58.7 Å². The van der Waals surface area contributed by atoms with E-state index in [0.29, 0.717) is 73.0 Å². The van der Waals surface area contributed by atoms with Gasteiger partial charge >= 0.3 is 18.5 Å². The summed E-state index contributed by atoms with van der Waals surface area (Å²) in [5.74, 6) is -0.333. The van der Waals surface area contributed by atoms with Crippen LogP contribution >= 0.6 is 0 Å². The van der Waals surface area contributed by atoms with Gasteiger partial charge in [-0.1, -0.05) is 93.1 Å². The average Bonchev–Trinajstić information content (AvgIpc) is 0.776. The second kappa shape index (κ2) is 39.1. The Hall–Kier alpha value is -11.7. The maximum atomic E-state index is 13.7. The molecule has 10 aromatic rings. The summed E-state index contributed by atoms with van der Waals surface area (Å²) >= 11 is 0. The number of anilines is 5. The highest BCUT2D eigenvalue weighted by molar-refractivity contribution is 6.12. The van der Waals surface area contributed by atoms with Crippen LogP contribution in [0.5, 0.6) is 0 Å². The highest BCUT2D eigenvalue weighted by atomic mass is 19.4. The summed E-state index contributed by atoms with van der Waals surface area (Å²) in [7, 11) is 0. The predicted octanol–water partition coefficient (Wildman–Crippen LogP) is 16.6. The summed E-state index contributed by atoms with van der Waals surface area (Å²) in [6.07, 6.45) is 0.324. The molecule has 20 nitrogen and oxygen atoms in total. The van der Waals surface area contributed by atoms with Crippen molar-refractivity contribution in [3.8, 4) is 0 Å². The molecule has 29 heteroatoms. The molecule has 8 aromatic heterocycles. The molecule has 0 spiro atoms. The number of nitrogen functional groups attached to an aromatic ring is 1. The van der Waals surface area contributed by atoms with E-state index in [2.05, 4.69) is 81.0 Å². The molecular formula is C87H93F9N16O4. The molecule has 1 aliphatic carbocycles. The predicted molar refractivity (Wildman–Crippen MR) is 431 cm³/mol. The Balaban J connectivity index is 0.000000164. The maximum Gasteiger partial charge on any atom is 0.418 e. The SMILES string of the molecule is C/C=C\c1ccc(N2CCN[C@@H](CC(C)C)C2)nc1C(=O)c1cccnc1C.Cc1cccc(C2CN(c3ccc(C(F)(F)F)c(C(=O)c4cccnc4C)n3)CCN2)c1.Cc1ncccc1C(=O)c1nc(NC[C@@H](C)c2ccccc2)ccc1C(F)(F)F.Nc1ncccc1C(=O)c1nc(NC2CCCC(N)C2)ccc1C(F)(F)F. The topological polar surface area (TPSA) is 278 Å². The number of pyridine rings is 8. The van der Waals surface area contributed by atoms with Crippen molar-refractivity contribution >= 4 is 58.3 Å². The minimum absolute atomic E-state index is 0.00407. The molecule has 3 unspecified atom stereocenters. The van der Waals surface area contributed by atoms with Gasteiger partial charge in [-0.3, -0.25) is 34.1 Å². The molecule has 116 heavy (non-hydrogen) atoms. The van der Waals surface area contributed by atoms with Crippen LogP contribution in [-0.2, 0) is 18.5 Å². The largest absolute Gasteiger partial charge is 0.418 e. The molecule has 13 rings (SSSR count). The van der Waals surface area contributed by atoms with Crippen LogP contribution in [-0.4, -0.2) is 127 Å².